The number of rotatable bonds is 6. The lowest BCUT2D eigenvalue weighted by Crippen LogP contribution is -2.49. The van der Waals surface area contributed by atoms with Crippen molar-refractivity contribution in [1.29, 1.82) is 0 Å². The number of carbonyl (C=O) groups is 1. The zero-order valence-electron chi connectivity index (χ0n) is 17.4. The van der Waals surface area contributed by atoms with E-state index in [9.17, 15) is 4.79 Å². The first-order valence-electron chi connectivity index (χ1n) is 9.63. The predicted molar refractivity (Wildman–Crippen MR) is 124 cm³/mol. The van der Waals surface area contributed by atoms with Crippen molar-refractivity contribution in [2.24, 2.45) is 4.99 Å². The Kier molecular flexibility index (Phi) is 11.2. The predicted octanol–water partition coefficient (Wildman–Crippen LogP) is 2.65. The molecule has 1 aliphatic rings. The number of ether oxygens (including phenoxy) is 1. The van der Waals surface area contributed by atoms with Crippen LogP contribution >= 0.6 is 24.0 Å². The van der Waals surface area contributed by atoms with Crippen molar-refractivity contribution in [3.8, 4) is 0 Å². The Morgan fingerprint density at radius 3 is 2.36 bits per heavy atom. The summed E-state index contributed by atoms with van der Waals surface area (Å²) in [7, 11) is 5.92. The van der Waals surface area contributed by atoms with E-state index in [0.29, 0.717) is 25.7 Å². The lowest BCUT2D eigenvalue weighted by atomic mass is 10.1. The summed E-state index contributed by atoms with van der Waals surface area (Å²) in [6.07, 6.45) is 1.56. The number of halogens is 1. The number of benzene rings is 1. The molecule has 7 nitrogen and oxygen atoms in total. The average Bonchev–Trinajstić information content (AvgIpc) is 2.66. The average molecular weight is 503 g/mol. The third-order valence-electron chi connectivity index (χ3n) is 4.57. The van der Waals surface area contributed by atoms with Crippen LogP contribution in [0, 0.1) is 0 Å². The topological polar surface area (TPSA) is 69.2 Å². The Balaban J connectivity index is 0.00000392. The van der Waals surface area contributed by atoms with Gasteiger partial charge < -0.3 is 25.2 Å². The second kappa shape index (κ2) is 12.8. The molecule has 0 saturated carbocycles. The summed E-state index contributed by atoms with van der Waals surface area (Å²) >= 11 is 0. The van der Waals surface area contributed by atoms with Crippen LogP contribution in [-0.4, -0.2) is 68.7 Å². The highest BCUT2D eigenvalue weighted by molar-refractivity contribution is 14.0. The molecule has 2 rings (SSSR count). The maximum Gasteiger partial charge on any atom is 0.409 e. The van der Waals surface area contributed by atoms with Gasteiger partial charge in [-0.1, -0.05) is 24.3 Å². The third kappa shape index (κ3) is 8.22. The largest absolute Gasteiger partial charge is 0.450 e. The van der Waals surface area contributed by atoms with Gasteiger partial charge >= 0.3 is 6.09 Å². The number of amides is 1. The summed E-state index contributed by atoms with van der Waals surface area (Å²) in [6.45, 7) is 5.34. The van der Waals surface area contributed by atoms with Crippen molar-refractivity contribution in [3.05, 3.63) is 35.4 Å². The number of nitrogens with one attached hydrogen (secondary N) is 2. The first kappa shape index (κ1) is 24.5. The minimum Gasteiger partial charge on any atom is -0.450 e. The molecule has 1 amide bonds. The molecular weight excluding hydrogens is 469 g/mol. The maximum atomic E-state index is 11.8. The standard InChI is InChI=1S/C20H33N5O2.HI/c1-5-27-20(26)25-12-10-18(11-13-25)23-19(21-2)22-14-16-6-8-17(9-7-16)15-24(3)4;/h6-9,18H,5,10-15H2,1-4H3,(H2,21,22,23);1H. The molecule has 0 aliphatic carbocycles. The number of carbonyl (C=O) groups excluding carboxylic acids is 1. The van der Waals surface area contributed by atoms with E-state index in [0.717, 1.165) is 31.9 Å². The van der Waals surface area contributed by atoms with Gasteiger partial charge in [-0.3, -0.25) is 4.99 Å². The van der Waals surface area contributed by atoms with Crippen LogP contribution in [0.1, 0.15) is 30.9 Å². The van der Waals surface area contributed by atoms with E-state index in [1.54, 1.807) is 11.9 Å². The molecular formula is C20H34IN5O2. The minimum atomic E-state index is -0.212. The van der Waals surface area contributed by atoms with Crippen LogP contribution in [0.3, 0.4) is 0 Å². The molecule has 1 aromatic carbocycles. The van der Waals surface area contributed by atoms with Gasteiger partial charge in [0.25, 0.3) is 0 Å². The number of hydrogen-bond acceptors (Lipinski definition) is 4. The SMILES string of the molecule is CCOC(=O)N1CCC(NC(=NC)NCc2ccc(CN(C)C)cc2)CC1.I. The van der Waals surface area contributed by atoms with Crippen LogP contribution in [0.5, 0.6) is 0 Å². The lowest BCUT2D eigenvalue weighted by molar-refractivity contribution is 0.0963. The summed E-state index contributed by atoms with van der Waals surface area (Å²) in [5, 5.41) is 6.83. The van der Waals surface area contributed by atoms with Gasteiger partial charge in [0, 0.05) is 39.3 Å². The van der Waals surface area contributed by atoms with Crippen LogP contribution < -0.4 is 10.6 Å². The summed E-state index contributed by atoms with van der Waals surface area (Å²) in [5.74, 6) is 0.793. The summed E-state index contributed by atoms with van der Waals surface area (Å²) in [5.41, 5.74) is 2.53. The summed E-state index contributed by atoms with van der Waals surface area (Å²) in [6, 6.07) is 8.94. The van der Waals surface area contributed by atoms with Crippen molar-refractivity contribution in [2.45, 2.75) is 38.9 Å². The van der Waals surface area contributed by atoms with Gasteiger partial charge in [-0.15, -0.1) is 24.0 Å². The van der Waals surface area contributed by atoms with Crippen molar-refractivity contribution in [1.82, 2.24) is 20.4 Å². The molecule has 0 atom stereocenters. The Morgan fingerprint density at radius 1 is 1.21 bits per heavy atom. The molecule has 158 valence electrons. The fourth-order valence-corrected chi connectivity index (χ4v) is 3.12. The molecule has 1 aromatic rings. The number of nitrogens with zero attached hydrogens (tertiary/aromatic N) is 3. The molecule has 28 heavy (non-hydrogen) atoms. The molecule has 0 unspecified atom stereocenters. The highest BCUT2D eigenvalue weighted by Gasteiger charge is 2.23. The van der Waals surface area contributed by atoms with E-state index >= 15 is 0 Å². The van der Waals surface area contributed by atoms with Gasteiger partial charge in [0.15, 0.2) is 5.96 Å². The monoisotopic (exact) mass is 503 g/mol. The van der Waals surface area contributed by atoms with E-state index in [1.165, 1.54) is 11.1 Å². The molecule has 0 aromatic heterocycles. The van der Waals surface area contributed by atoms with E-state index in [1.807, 2.05) is 6.92 Å². The highest BCUT2D eigenvalue weighted by atomic mass is 127. The maximum absolute atomic E-state index is 11.8. The van der Waals surface area contributed by atoms with Crippen LogP contribution in [-0.2, 0) is 17.8 Å². The quantitative estimate of drug-likeness (QED) is 0.355. The Bertz CT molecular complexity index is 614. The van der Waals surface area contributed by atoms with Gasteiger partial charge in [-0.2, -0.15) is 0 Å². The molecule has 0 radical (unpaired) electrons. The van der Waals surface area contributed by atoms with Crippen LogP contribution in [0.15, 0.2) is 29.3 Å². The van der Waals surface area contributed by atoms with E-state index in [2.05, 4.69) is 58.9 Å². The van der Waals surface area contributed by atoms with Gasteiger partial charge in [0.05, 0.1) is 6.61 Å². The number of hydrogen-bond donors (Lipinski definition) is 2. The zero-order valence-corrected chi connectivity index (χ0v) is 19.7. The van der Waals surface area contributed by atoms with Crippen LogP contribution in [0.2, 0.25) is 0 Å². The highest BCUT2D eigenvalue weighted by Crippen LogP contribution is 2.11. The molecule has 1 saturated heterocycles. The second-order valence-corrected chi connectivity index (χ2v) is 7.08. The summed E-state index contributed by atoms with van der Waals surface area (Å²) < 4.78 is 5.06. The Morgan fingerprint density at radius 2 is 1.82 bits per heavy atom. The molecule has 1 fully saturated rings. The minimum absolute atomic E-state index is 0. The third-order valence-corrected chi connectivity index (χ3v) is 4.57. The van der Waals surface area contributed by atoms with Crippen molar-refractivity contribution < 1.29 is 9.53 Å². The fourth-order valence-electron chi connectivity index (χ4n) is 3.12. The molecule has 1 aliphatic heterocycles. The van der Waals surface area contributed by atoms with Gasteiger partial charge in [-0.05, 0) is 45.0 Å². The Hall–Kier alpha value is -1.55. The first-order chi connectivity index (χ1) is 13.0. The second-order valence-electron chi connectivity index (χ2n) is 7.08. The zero-order chi connectivity index (χ0) is 19.6. The number of likely N-dealkylation sites (tertiary alicyclic amines) is 1. The normalized spacial score (nSPS) is 15.2. The number of piperidine rings is 1. The summed E-state index contributed by atoms with van der Waals surface area (Å²) in [4.78, 5) is 20.0. The lowest BCUT2D eigenvalue weighted by Gasteiger charge is -2.32. The first-order valence-corrected chi connectivity index (χ1v) is 9.63. The smallest absolute Gasteiger partial charge is 0.409 e. The van der Waals surface area contributed by atoms with Gasteiger partial charge in [0.2, 0.25) is 0 Å². The van der Waals surface area contributed by atoms with Crippen LogP contribution in [0.4, 0.5) is 4.79 Å². The van der Waals surface area contributed by atoms with Crippen molar-refractivity contribution >= 4 is 36.0 Å². The fraction of sp³-hybridized carbons (Fsp3) is 0.600. The van der Waals surface area contributed by atoms with E-state index in [-0.39, 0.29) is 30.1 Å². The van der Waals surface area contributed by atoms with Crippen molar-refractivity contribution in [2.75, 3.05) is 40.8 Å². The molecule has 0 spiro atoms. The van der Waals surface area contributed by atoms with Crippen molar-refractivity contribution in [3.63, 3.8) is 0 Å². The van der Waals surface area contributed by atoms with E-state index < -0.39 is 0 Å². The number of aliphatic imine (C=N–C) groups is 1. The Labute approximate surface area is 185 Å². The molecule has 0 bridgehead atoms. The van der Waals surface area contributed by atoms with Gasteiger partial charge in [0.1, 0.15) is 0 Å². The van der Waals surface area contributed by atoms with E-state index in [4.69, 9.17) is 4.74 Å². The molecule has 2 N–H and O–H groups in total. The van der Waals surface area contributed by atoms with Crippen LogP contribution in [0.25, 0.3) is 0 Å². The van der Waals surface area contributed by atoms with Gasteiger partial charge in [-0.25, -0.2) is 4.79 Å². The molecule has 8 heteroatoms. The molecule has 1 heterocycles. The number of guanidine groups is 1.